The van der Waals surface area contributed by atoms with Crippen LogP contribution in [0.4, 0.5) is 18.9 Å². The number of sulfonamides is 1. The van der Waals surface area contributed by atoms with Crippen molar-refractivity contribution in [1.82, 2.24) is 4.90 Å². The second-order valence-electron chi connectivity index (χ2n) is 6.77. The maximum absolute atomic E-state index is 13.2. The fraction of sp³-hybridized carbons (Fsp3) is 0.238. The SMILES string of the molecule is C=CCN(c1cccc(C(F)(F)F)c1)S(=O)(=O)c1cccc(C(=O)OCC(=O)N(C)C)c1. The molecule has 0 radical (unpaired) electrons. The number of carbonyl (C=O) groups excluding carboxylic acids is 2. The number of benzene rings is 2. The Kier molecular flexibility index (Phi) is 7.68. The summed E-state index contributed by atoms with van der Waals surface area (Å²) in [5.74, 6) is -1.39. The quantitative estimate of drug-likeness (QED) is 0.437. The Morgan fingerprint density at radius 1 is 1.09 bits per heavy atom. The summed E-state index contributed by atoms with van der Waals surface area (Å²) in [7, 11) is -1.41. The van der Waals surface area contributed by atoms with Gasteiger partial charge in [-0.2, -0.15) is 13.2 Å². The van der Waals surface area contributed by atoms with Crippen molar-refractivity contribution in [2.45, 2.75) is 11.1 Å². The molecule has 0 aliphatic rings. The van der Waals surface area contributed by atoms with Crippen molar-refractivity contribution in [3.05, 3.63) is 72.3 Å². The zero-order valence-electron chi connectivity index (χ0n) is 17.3. The average molecular weight is 470 g/mol. The van der Waals surface area contributed by atoms with E-state index < -0.39 is 40.2 Å². The first-order valence-corrected chi connectivity index (χ1v) is 10.6. The van der Waals surface area contributed by atoms with Gasteiger partial charge in [0, 0.05) is 14.1 Å². The Morgan fingerprint density at radius 3 is 2.34 bits per heavy atom. The number of esters is 1. The molecule has 0 saturated carbocycles. The van der Waals surface area contributed by atoms with Gasteiger partial charge >= 0.3 is 12.1 Å². The molecule has 0 bridgehead atoms. The molecule has 11 heteroatoms. The third kappa shape index (κ3) is 5.88. The van der Waals surface area contributed by atoms with E-state index >= 15 is 0 Å². The molecule has 0 aliphatic heterocycles. The summed E-state index contributed by atoms with van der Waals surface area (Å²) in [6, 6.07) is 8.67. The van der Waals surface area contributed by atoms with Gasteiger partial charge in [-0.1, -0.05) is 18.2 Å². The first-order valence-electron chi connectivity index (χ1n) is 9.16. The second-order valence-corrected chi connectivity index (χ2v) is 8.63. The zero-order valence-corrected chi connectivity index (χ0v) is 18.1. The number of carbonyl (C=O) groups is 2. The molecule has 2 aromatic rings. The first kappa shape index (κ1) is 24.9. The van der Waals surface area contributed by atoms with Crippen LogP contribution < -0.4 is 4.31 Å². The minimum Gasteiger partial charge on any atom is -0.452 e. The van der Waals surface area contributed by atoms with Gasteiger partial charge in [0.2, 0.25) is 0 Å². The fourth-order valence-corrected chi connectivity index (χ4v) is 4.02. The molecule has 2 aromatic carbocycles. The molecule has 0 saturated heterocycles. The van der Waals surface area contributed by atoms with Crippen molar-refractivity contribution >= 4 is 27.6 Å². The number of anilines is 1. The van der Waals surface area contributed by atoms with Crippen LogP contribution in [0.25, 0.3) is 0 Å². The van der Waals surface area contributed by atoms with Crippen LogP contribution in [-0.4, -0.2) is 52.4 Å². The molecule has 0 unspecified atom stereocenters. The highest BCUT2D eigenvalue weighted by molar-refractivity contribution is 7.92. The minimum absolute atomic E-state index is 0.139. The van der Waals surface area contributed by atoms with Gasteiger partial charge in [-0.3, -0.25) is 9.10 Å². The van der Waals surface area contributed by atoms with Crippen molar-refractivity contribution < 1.29 is 35.9 Å². The number of ether oxygens (including phenoxy) is 1. The van der Waals surface area contributed by atoms with Crippen LogP contribution >= 0.6 is 0 Å². The summed E-state index contributed by atoms with van der Waals surface area (Å²) in [5, 5.41) is 0. The molecular weight excluding hydrogens is 449 g/mol. The third-order valence-corrected chi connectivity index (χ3v) is 6.03. The summed E-state index contributed by atoms with van der Waals surface area (Å²) < 4.78 is 71.3. The number of hydrogen-bond acceptors (Lipinski definition) is 5. The third-order valence-electron chi connectivity index (χ3n) is 4.24. The number of alkyl halides is 3. The van der Waals surface area contributed by atoms with Gasteiger partial charge < -0.3 is 9.64 Å². The molecule has 0 N–H and O–H groups in total. The summed E-state index contributed by atoms with van der Waals surface area (Å²) in [6.07, 6.45) is -3.43. The van der Waals surface area contributed by atoms with Crippen molar-refractivity contribution in [3.8, 4) is 0 Å². The Labute approximate surface area is 183 Å². The molecule has 7 nitrogen and oxygen atoms in total. The number of hydrogen-bond donors (Lipinski definition) is 0. The van der Waals surface area contributed by atoms with Gasteiger partial charge in [-0.25, -0.2) is 13.2 Å². The summed E-state index contributed by atoms with van der Waals surface area (Å²) >= 11 is 0. The molecule has 32 heavy (non-hydrogen) atoms. The summed E-state index contributed by atoms with van der Waals surface area (Å²) in [5.41, 5.74) is -1.37. The minimum atomic E-state index is -4.66. The van der Waals surface area contributed by atoms with Crippen molar-refractivity contribution in [2.75, 3.05) is 31.6 Å². The van der Waals surface area contributed by atoms with Gasteiger partial charge in [-0.05, 0) is 36.4 Å². The largest absolute Gasteiger partial charge is 0.452 e. The standard InChI is InChI=1S/C21H21F3N2O5S/c1-4-11-26(17-9-6-8-16(13-17)21(22,23)24)32(29,30)18-10-5-7-15(12-18)20(28)31-14-19(27)25(2)3/h4-10,12-13H,1,11,14H2,2-3H3. The predicted octanol–water partition coefficient (Wildman–Crippen LogP) is 3.33. The average Bonchev–Trinajstić information content (AvgIpc) is 2.74. The monoisotopic (exact) mass is 470 g/mol. The van der Waals surface area contributed by atoms with E-state index in [9.17, 15) is 31.2 Å². The van der Waals surface area contributed by atoms with Gasteiger partial charge in [0.15, 0.2) is 6.61 Å². The Hall–Kier alpha value is -3.34. The zero-order chi connectivity index (χ0) is 24.1. The van der Waals surface area contributed by atoms with E-state index in [0.717, 1.165) is 22.5 Å². The lowest BCUT2D eigenvalue weighted by atomic mass is 10.2. The lowest BCUT2D eigenvalue weighted by Crippen LogP contribution is -2.31. The van der Waals surface area contributed by atoms with E-state index in [1.54, 1.807) is 0 Å². The van der Waals surface area contributed by atoms with Crippen molar-refractivity contribution in [1.29, 1.82) is 0 Å². The number of rotatable bonds is 8. The van der Waals surface area contributed by atoms with E-state index in [0.29, 0.717) is 6.07 Å². The van der Waals surface area contributed by atoms with Gasteiger partial charge in [0.25, 0.3) is 15.9 Å². The molecule has 2 rings (SSSR count). The lowest BCUT2D eigenvalue weighted by molar-refractivity contribution is -0.137. The number of amides is 1. The molecule has 0 aromatic heterocycles. The van der Waals surface area contributed by atoms with Gasteiger partial charge in [-0.15, -0.1) is 6.58 Å². The second kappa shape index (κ2) is 9.86. The Balaban J connectivity index is 2.40. The van der Waals surface area contributed by atoms with Gasteiger partial charge in [0.1, 0.15) is 0 Å². The molecule has 0 atom stereocenters. The van der Waals surface area contributed by atoms with Crippen LogP contribution in [0.2, 0.25) is 0 Å². The highest BCUT2D eigenvalue weighted by atomic mass is 32.2. The number of nitrogens with zero attached hydrogens (tertiary/aromatic N) is 2. The Morgan fingerprint density at radius 2 is 1.75 bits per heavy atom. The molecule has 0 spiro atoms. The molecule has 1 amide bonds. The van der Waals surface area contributed by atoms with E-state index in [-0.39, 0.29) is 22.7 Å². The van der Waals surface area contributed by atoms with Gasteiger partial charge in [0.05, 0.1) is 28.3 Å². The number of halogens is 3. The lowest BCUT2D eigenvalue weighted by Gasteiger charge is -2.24. The van der Waals surface area contributed by atoms with E-state index in [1.807, 2.05) is 0 Å². The molecule has 172 valence electrons. The molecular formula is C21H21F3N2O5S. The van der Waals surface area contributed by atoms with Crippen LogP contribution in [-0.2, 0) is 25.7 Å². The Bertz CT molecular complexity index is 1110. The first-order chi connectivity index (χ1) is 14.9. The molecule has 0 fully saturated rings. The summed E-state index contributed by atoms with van der Waals surface area (Å²) in [6.45, 7) is 2.62. The fourth-order valence-electron chi connectivity index (χ4n) is 2.55. The van der Waals surface area contributed by atoms with E-state index in [1.165, 1.54) is 49.3 Å². The maximum Gasteiger partial charge on any atom is 0.416 e. The maximum atomic E-state index is 13.2. The van der Waals surface area contributed by atoms with Crippen LogP contribution in [0.5, 0.6) is 0 Å². The highest BCUT2D eigenvalue weighted by Crippen LogP contribution is 2.33. The molecule has 0 heterocycles. The normalized spacial score (nSPS) is 11.5. The predicted molar refractivity (Wildman–Crippen MR) is 112 cm³/mol. The number of likely N-dealkylation sites (N-methyl/N-ethyl adjacent to an activating group) is 1. The highest BCUT2D eigenvalue weighted by Gasteiger charge is 2.32. The molecule has 0 aliphatic carbocycles. The van der Waals surface area contributed by atoms with Crippen LogP contribution in [0, 0.1) is 0 Å². The van der Waals surface area contributed by atoms with Crippen LogP contribution in [0.1, 0.15) is 15.9 Å². The topological polar surface area (TPSA) is 84.0 Å². The van der Waals surface area contributed by atoms with Crippen LogP contribution in [0.3, 0.4) is 0 Å². The van der Waals surface area contributed by atoms with E-state index in [4.69, 9.17) is 4.74 Å². The smallest absolute Gasteiger partial charge is 0.416 e. The van der Waals surface area contributed by atoms with Crippen molar-refractivity contribution in [2.24, 2.45) is 0 Å². The van der Waals surface area contributed by atoms with Crippen molar-refractivity contribution in [3.63, 3.8) is 0 Å². The van der Waals surface area contributed by atoms with Crippen LogP contribution in [0.15, 0.2) is 66.1 Å². The summed E-state index contributed by atoms with van der Waals surface area (Å²) in [4.78, 5) is 24.7. The van der Waals surface area contributed by atoms with E-state index in [2.05, 4.69) is 6.58 Å².